The Bertz CT molecular complexity index is 365. The Kier molecular flexibility index (Phi) is 4.13. The lowest BCUT2D eigenvalue weighted by Crippen LogP contribution is -2.34. The molecule has 3 atom stereocenters. The predicted molar refractivity (Wildman–Crippen MR) is 52.7 cm³/mol. The molecule has 1 heterocycles. The van der Waals surface area contributed by atoms with Gasteiger partial charge in [-0.1, -0.05) is 0 Å². The van der Waals surface area contributed by atoms with Crippen molar-refractivity contribution in [2.45, 2.75) is 25.2 Å². The van der Waals surface area contributed by atoms with E-state index in [1.165, 1.54) is 13.1 Å². The van der Waals surface area contributed by atoms with E-state index < -0.39 is 24.9 Å². The quantitative estimate of drug-likeness (QED) is 0.386. The van der Waals surface area contributed by atoms with Gasteiger partial charge in [-0.05, 0) is 0 Å². The van der Waals surface area contributed by atoms with Gasteiger partial charge in [-0.3, -0.25) is 4.79 Å². The number of hydrogen-bond donors (Lipinski definition) is 5. The van der Waals surface area contributed by atoms with Gasteiger partial charge in [0.1, 0.15) is 18.3 Å². The number of imidazole rings is 1. The van der Waals surface area contributed by atoms with Crippen LogP contribution in [0.1, 0.15) is 29.3 Å². The number of Topliss-reactive ketones (excluding diaryl/α,β-unsaturated/α-hetero) is 1. The SMILES string of the molecule is CC(=O)c1nc(C(O)C(O)[C@H](O)CO)c[nH]1. The number of hydrogen-bond acceptors (Lipinski definition) is 6. The fourth-order valence-electron chi connectivity index (χ4n) is 1.16. The van der Waals surface area contributed by atoms with Crippen LogP contribution in [0.3, 0.4) is 0 Å². The maximum Gasteiger partial charge on any atom is 0.194 e. The summed E-state index contributed by atoms with van der Waals surface area (Å²) in [5.74, 6) is -0.254. The standard InChI is InChI=1S/C9H14N2O5/c1-4(13)9-10-2-5(11-9)7(15)8(16)6(14)3-12/h2,6-8,12,14-16H,3H2,1H3,(H,10,11)/t6-,7?,8?/m1/s1. The van der Waals surface area contributed by atoms with Crippen LogP contribution in [0, 0.1) is 0 Å². The number of nitrogens with zero attached hydrogens (tertiary/aromatic N) is 1. The van der Waals surface area contributed by atoms with E-state index in [2.05, 4.69) is 9.97 Å². The number of aliphatic hydroxyl groups excluding tert-OH is 4. The zero-order valence-corrected chi connectivity index (χ0v) is 8.66. The molecule has 1 aromatic heterocycles. The zero-order chi connectivity index (χ0) is 12.3. The van der Waals surface area contributed by atoms with Crippen LogP contribution >= 0.6 is 0 Å². The maximum atomic E-state index is 10.9. The molecule has 16 heavy (non-hydrogen) atoms. The first-order chi connectivity index (χ1) is 7.47. The third-order valence-corrected chi connectivity index (χ3v) is 2.14. The lowest BCUT2D eigenvalue weighted by Gasteiger charge is -2.19. The first-order valence-corrected chi connectivity index (χ1v) is 4.68. The molecule has 0 spiro atoms. The van der Waals surface area contributed by atoms with Crippen molar-refractivity contribution < 1.29 is 25.2 Å². The molecule has 0 aliphatic rings. The first-order valence-electron chi connectivity index (χ1n) is 4.68. The van der Waals surface area contributed by atoms with E-state index in [1.807, 2.05) is 0 Å². The molecule has 0 amide bonds. The summed E-state index contributed by atoms with van der Waals surface area (Å²) in [6.07, 6.45) is -3.23. The Morgan fingerprint density at radius 3 is 2.56 bits per heavy atom. The van der Waals surface area contributed by atoms with Crippen molar-refractivity contribution in [2.75, 3.05) is 6.61 Å². The first kappa shape index (κ1) is 12.8. The van der Waals surface area contributed by atoms with Crippen LogP contribution in [-0.2, 0) is 0 Å². The van der Waals surface area contributed by atoms with E-state index in [0.29, 0.717) is 0 Å². The summed E-state index contributed by atoms with van der Waals surface area (Å²) < 4.78 is 0. The Morgan fingerprint density at radius 1 is 1.50 bits per heavy atom. The highest BCUT2D eigenvalue weighted by Gasteiger charge is 2.27. The van der Waals surface area contributed by atoms with E-state index in [-0.39, 0.29) is 17.3 Å². The highest BCUT2D eigenvalue weighted by Crippen LogP contribution is 2.17. The summed E-state index contributed by atoms with van der Waals surface area (Å²) in [7, 11) is 0. The number of carbonyl (C=O) groups is 1. The van der Waals surface area contributed by atoms with E-state index in [1.54, 1.807) is 0 Å². The summed E-state index contributed by atoms with van der Waals surface area (Å²) in [6, 6.07) is 0. The van der Waals surface area contributed by atoms with Crippen molar-refractivity contribution in [1.29, 1.82) is 0 Å². The van der Waals surface area contributed by atoms with Crippen molar-refractivity contribution in [1.82, 2.24) is 9.97 Å². The average Bonchev–Trinajstić information content (AvgIpc) is 2.75. The molecule has 1 rings (SSSR count). The second-order valence-electron chi connectivity index (χ2n) is 3.42. The third kappa shape index (κ3) is 2.64. The minimum absolute atomic E-state index is 0.0326. The normalized spacial score (nSPS) is 16.8. The number of rotatable bonds is 5. The average molecular weight is 230 g/mol. The lowest BCUT2D eigenvalue weighted by atomic mass is 10.1. The van der Waals surface area contributed by atoms with Gasteiger partial charge < -0.3 is 25.4 Å². The van der Waals surface area contributed by atoms with Crippen LogP contribution in [0.25, 0.3) is 0 Å². The van der Waals surface area contributed by atoms with Crippen LogP contribution in [-0.4, -0.2) is 55.0 Å². The highest BCUT2D eigenvalue weighted by molar-refractivity contribution is 5.90. The molecule has 0 aliphatic carbocycles. The molecule has 7 heteroatoms. The molecule has 0 aliphatic heterocycles. The topological polar surface area (TPSA) is 127 Å². The molecule has 0 fully saturated rings. The lowest BCUT2D eigenvalue weighted by molar-refractivity contribution is -0.0788. The van der Waals surface area contributed by atoms with Crippen molar-refractivity contribution >= 4 is 5.78 Å². The minimum Gasteiger partial charge on any atom is -0.394 e. The Morgan fingerprint density at radius 2 is 2.12 bits per heavy atom. The van der Waals surface area contributed by atoms with E-state index in [4.69, 9.17) is 10.2 Å². The van der Waals surface area contributed by atoms with Gasteiger partial charge in [-0.15, -0.1) is 0 Å². The van der Waals surface area contributed by atoms with Crippen LogP contribution in [0.2, 0.25) is 0 Å². The second-order valence-corrected chi connectivity index (χ2v) is 3.42. The monoisotopic (exact) mass is 230 g/mol. The van der Waals surface area contributed by atoms with Crippen LogP contribution < -0.4 is 0 Å². The fraction of sp³-hybridized carbons (Fsp3) is 0.556. The summed E-state index contributed by atoms with van der Waals surface area (Å²) in [4.78, 5) is 17.2. The maximum absolute atomic E-state index is 10.9. The van der Waals surface area contributed by atoms with Gasteiger partial charge in [0, 0.05) is 13.1 Å². The molecular weight excluding hydrogens is 216 g/mol. The van der Waals surface area contributed by atoms with Gasteiger partial charge >= 0.3 is 0 Å². The summed E-state index contributed by atoms with van der Waals surface area (Å²) in [5.41, 5.74) is 0.0326. The number of aliphatic hydroxyl groups is 4. The van der Waals surface area contributed by atoms with Crippen molar-refractivity contribution in [3.63, 3.8) is 0 Å². The molecule has 0 radical (unpaired) electrons. The van der Waals surface area contributed by atoms with Crippen molar-refractivity contribution in [2.24, 2.45) is 0 Å². The summed E-state index contributed by atoms with van der Waals surface area (Å²) in [5, 5.41) is 36.7. The highest BCUT2D eigenvalue weighted by atomic mass is 16.4. The van der Waals surface area contributed by atoms with Gasteiger partial charge in [-0.2, -0.15) is 0 Å². The van der Waals surface area contributed by atoms with Gasteiger partial charge in [0.15, 0.2) is 11.6 Å². The van der Waals surface area contributed by atoms with Gasteiger partial charge in [-0.25, -0.2) is 4.98 Å². The van der Waals surface area contributed by atoms with Gasteiger partial charge in [0.2, 0.25) is 0 Å². The number of H-pyrrole nitrogens is 1. The van der Waals surface area contributed by atoms with Crippen LogP contribution in [0.4, 0.5) is 0 Å². The molecule has 0 saturated heterocycles. The van der Waals surface area contributed by atoms with E-state index in [9.17, 15) is 15.0 Å². The molecule has 0 bridgehead atoms. The number of carbonyl (C=O) groups excluding carboxylic acids is 1. The van der Waals surface area contributed by atoms with Crippen LogP contribution in [0.5, 0.6) is 0 Å². The molecule has 0 saturated carbocycles. The molecule has 2 unspecified atom stereocenters. The van der Waals surface area contributed by atoms with Crippen LogP contribution in [0.15, 0.2) is 6.20 Å². The Balaban J connectivity index is 2.79. The minimum atomic E-state index is -1.56. The zero-order valence-electron chi connectivity index (χ0n) is 8.66. The number of aromatic amines is 1. The number of aromatic nitrogens is 2. The Labute approximate surface area is 91.4 Å². The fourth-order valence-corrected chi connectivity index (χ4v) is 1.16. The third-order valence-electron chi connectivity index (χ3n) is 2.14. The van der Waals surface area contributed by atoms with Crippen molar-refractivity contribution in [3.8, 4) is 0 Å². The Hall–Kier alpha value is -1.28. The molecule has 0 aromatic carbocycles. The molecular formula is C9H14N2O5. The van der Waals surface area contributed by atoms with Gasteiger partial charge in [0.25, 0.3) is 0 Å². The van der Waals surface area contributed by atoms with Crippen molar-refractivity contribution in [3.05, 3.63) is 17.7 Å². The van der Waals surface area contributed by atoms with Gasteiger partial charge in [0.05, 0.1) is 12.3 Å². The molecule has 7 nitrogen and oxygen atoms in total. The molecule has 1 aromatic rings. The molecule has 90 valence electrons. The largest absolute Gasteiger partial charge is 0.394 e. The predicted octanol–water partition coefficient (Wildman–Crippen LogP) is -1.64. The second kappa shape index (κ2) is 5.17. The van der Waals surface area contributed by atoms with E-state index >= 15 is 0 Å². The number of ketones is 1. The summed E-state index contributed by atoms with van der Waals surface area (Å²) >= 11 is 0. The summed E-state index contributed by atoms with van der Waals surface area (Å²) in [6.45, 7) is 0.621. The van der Waals surface area contributed by atoms with E-state index in [0.717, 1.165) is 0 Å². The smallest absolute Gasteiger partial charge is 0.194 e. The molecule has 5 N–H and O–H groups in total. The number of nitrogens with one attached hydrogen (secondary N) is 1.